The minimum Gasteiger partial charge on any atom is -0.393 e. The molecule has 2 aromatic heterocycles. The van der Waals surface area contributed by atoms with E-state index in [0.717, 1.165) is 54.7 Å². The third-order valence-corrected chi connectivity index (χ3v) is 7.93. The lowest BCUT2D eigenvalue weighted by molar-refractivity contribution is -0.113. The SMILES string of the molecule is CN1Cc2c(c3c4ccccc4n4c3c3c2c2ccccc2n3C2OC4CC2(O)CO)C1=O. The maximum Gasteiger partial charge on any atom is 0.254 e. The van der Waals surface area contributed by atoms with Crippen molar-refractivity contribution in [3.8, 4) is 0 Å². The summed E-state index contributed by atoms with van der Waals surface area (Å²) in [6.45, 7) is 0.138. The number of para-hydroxylation sites is 2. The predicted molar refractivity (Wildman–Crippen MR) is 124 cm³/mol. The zero-order chi connectivity index (χ0) is 22.2. The summed E-state index contributed by atoms with van der Waals surface area (Å²) < 4.78 is 10.7. The highest BCUT2D eigenvalue weighted by molar-refractivity contribution is 6.30. The molecule has 3 aliphatic rings. The molecule has 0 spiro atoms. The maximum absolute atomic E-state index is 13.5. The summed E-state index contributed by atoms with van der Waals surface area (Å²) in [6.07, 6.45) is -0.923. The highest BCUT2D eigenvalue weighted by Gasteiger charge is 2.52. The van der Waals surface area contributed by atoms with E-state index in [4.69, 9.17) is 4.74 Å². The fourth-order valence-electron chi connectivity index (χ4n) is 6.59. The molecule has 3 aliphatic heterocycles. The number of hydrogen-bond acceptors (Lipinski definition) is 4. The molecule has 2 N–H and O–H groups in total. The zero-order valence-corrected chi connectivity index (χ0v) is 17.9. The molecule has 7 heteroatoms. The first-order valence-corrected chi connectivity index (χ1v) is 11.3. The van der Waals surface area contributed by atoms with E-state index in [0.29, 0.717) is 6.54 Å². The smallest absolute Gasteiger partial charge is 0.254 e. The van der Waals surface area contributed by atoms with Gasteiger partial charge < -0.3 is 29.0 Å². The summed E-state index contributed by atoms with van der Waals surface area (Å²) in [6, 6.07) is 16.2. The second-order valence-corrected chi connectivity index (χ2v) is 9.65. The molecule has 5 heterocycles. The number of rotatable bonds is 1. The summed E-state index contributed by atoms with van der Waals surface area (Å²) in [5, 5.41) is 25.8. The number of aromatic nitrogens is 2. The second kappa shape index (κ2) is 5.56. The fraction of sp³-hybridized carbons (Fsp3) is 0.269. The molecule has 3 aromatic carbocycles. The molecule has 1 fully saturated rings. The average Bonchev–Trinajstić information content (AvgIpc) is 3.50. The van der Waals surface area contributed by atoms with Gasteiger partial charge in [0, 0.05) is 41.6 Å². The minimum absolute atomic E-state index is 0.0359. The van der Waals surface area contributed by atoms with Crippen LogP contribution >= 0.6 is 0 Å². The van der Waals surface area contributed by atoms with E-state index in [-0.39, 0.29) is 12.3 Å². The van der Waals surface area contributed by atoms with Crippen LogP contribution in [-0.4, -0.2) is 49.4 Å². The van der Waals surface area contributed by atoms with E-state index in [1.165, 1.54) is 0 Å². The van der Waals surface area contributed by atoms with Gasteiger partial charge in [-0.2, -0.15) is 0 Å². The number of hydrogen-bond donors (Lipinski definition) is 2. The van der Waals surface area contributed by atoms with Crippen LogP contribution in [0.2, 0.25) is 0 Å². The molecule has 2 bridgehead atoms. The molecule has 33 heavy (non-hydrogen) atoms. The van der Waals surface area contributed by atoms with Crippen molar-refractivity contribution in [1.82, 2.24) is 14.0 Å². The van der Waals surface area contributed by atoms with Crippen molar-refractivity contribution >= 4 is 49.5 Å². The van der Waals surface area contributed by atoms with Crippen molar-refractivity contribution in [2.45, 2.75) is 31.0 Å². The van der Waals surface area contributed by atoms with Crippen molar-refractivity contribution < 1.29 is 19.7 Å². The van der Waals surface area contributed by atoms with E-state index < -0.39 is 24.7 Å². The molecule has 1 amide bonds. The quantitative estimate of drug-likeness (QED) is 0.418. The molecule has 0 radical (unpaired) electrons. The summed E-state index contributed by atoms with van der Waals surface area (Å²) in [4.78, 5) is 15.2. The molecule has 8 rings (SSSR count). The van der Waals surface area contributed by atoms with Crippen LogP contribution in [0.4, 0.5) is 0 Å². The Labute approximate surface area is 188 Å². The van der Waals surface area contributed by atoms with E-state index >= 15 is 0 Å². The third-order valence-electron chi connectivity index (χ3n) is 7.93. The van der Waals surface area contributed by atoms with Gasteiger partial charge in [0.25, 0.3) is 5.91 Å². The second-order valence-electron chi connectivity index (χ2n) is 9.65. The molecule has 0 saturated carbocycles. The molecule has 164 valence electrons. The number of ether oxygens (including phenoxy) is 1. The monoisotopic (exact) mass is 439 g/mol. The fourth-order valence-corrected chi connectivity index (χ4v) is 6.59. The van der Waals surface area contributed by atoms with Crippen LogP contribution in [0.25, 0.3) is 43.6 Å². The standard InChI is InChI=1S/C26H21N3O4/c1-27-11-15-19-13-6-2-5-9-17(13)29-22(19)23-20(21(15)24(27)31)14-7-3-4-8-16(14)28(23)18-10-26(32,12-30)25(29)33-18/h2-9,18,25,30,32H,10-12H2,1H3. The van der Waals surface area contributed by atoms with Crippen molar-refractivity contribution in [2.75, 3.05) is 13.7 Å². The van der Waals surface area contributed by atoms with Crippen molar-refractivity contribution in [2.24, 2.45) is 0 Å². The molecular weight excluding hydrogens is 418 g/mol. The van der Waals surface area contributed by atoms with Crippen LogP contribution in [-0.2, 0) is 11.3 Å². The van der Waals surface area contributed by atoms with Gasteiger partial charge in [-0.15, -0.1) is 0 Å². The molecule has 0 aliphatic carbocycles. The Morgan fingerprint density at radius 1 is 1.00 bits per heavy atom. The molecule has 1 saturated heterocycles. The Balaban J connectivity index is 1.75. The van der Waals surface area contributed by atoms with Crippen molar-refractivity contribution in [3.05, 3.63) is 59.7 Å². The number of carbonyl (C=O) groups excluding carboxylic acids is 1. The lowest BCUT2D eigenvalue weighted by Crippen LogP contribution is -2.39. The van der Waals surface area contributed by atoms with E-state index in [2.05, 4.69) is 21.3 Å². The van der Waals surface area contributed by atoms with Gasteiger partial charge in [-0.05, 0) is 17.7 Å². The largest absolute Gasteiger partial charge is 0.393 e. The van der Waals surface area contributed by atoms with E-state index in [1.807, 2.05) is 43.4 Å². The van der Waals surface area contributed by atoms with E-state index in [1.54, 1.807) is 4.90 Å². The zero-order valence-electron chi connectivity index (χ0n) is 17.9. The molecule has 3 unspecified atom stereocenters. The predicted octanol–water partition coefficient (Wildman–Crippen LogP) is 3.64. The number of aliphatic hydroxyl groups is 2. The topological polar surface area (TPSA) is 79.9 Å². The first kappa shape index (κ1) is 18.1. The number of carbonyl (C=O) groups is 1. The molecule has 3 atom stereocenters. The van der Waals surface area contributed by atoms with Crippen LogP contribution in [0.5, 0.6) is 0 Å². The number of benzene rings is 3. The van der Waals surface area contributed by atoms with Gasteiger partial charge in [0.15, 0.2) is 6.23 Å². The number of nitrogens with zero attached hydrogens (tertiary/aromatic N) is 3. The summed E-state index contributed by atoms with van der Waals surface area (Å²) >= 11 is 0. The Bertz CT molecular complexity index is 1710. The Morgan fingerprint density at radius 2 is 1.64 bits per heavy atom. The lowest BCUT2D eigenvalue weighted by atomic mass is 9.96. The Hall–Kier alpha value is -3.39. The number of amides is 1. The van der Waals surface area contributed by atoms with Crippen LogP contribution in [0.15, 0.2) is 48.5 Å². The number of fused-ring (bicyclic) bond motifs is 13. The minimum atomic E-state index is -1.42. The lowest BCUT2D eigenvalue weighted by Gasteiger charge is -2.28. The highest BCUT2D eigenvalue weighted by atomic mass is 16.6. The van der Waals surface area contributed by atoms with E-state index in [9.17, 15) is 15.0 Å². The maximum atomic E-state index is 13.5. The first-order chi connectivity index (χ1) is 16.0. The summed E-state index contributed by atoms with van der Waals surface area (Å²) in [5.41, 5.74) is 4.21. The van der Waals surface area contributed by atoms with Crippen molar-refractivity contribution in [3.63, 3.8) is 0 Å². The van der Waals surface area contributed by atoms with Gasteiger partial charge in [0.1, 0.15) is 11.8 Å². The van der Waals surface area contributed by atoms with Crippen LogP contribution in [0, 0.1) is 0 Å². The summed E-state index contributed by atoms with van der Waals surface area (Å²) in [5.74, 6) is 0.0359. The van der Waals surface area contributed by atoms with Gasteiger partial charge in [-0.1, -0.05) is 36.4 Å². The Morgan fingerprint density at radius 3 is 2.36 bits per heavy atom. The third kappa shape index (κ3) is 1.85. The van der Waals surface area contributed by atoms with Gasteiger partial charge in [-0.25, -0.2) is 0 Å². The van der Waals surface area contributed by atoms with Gasteiger partial charge in [0.05, 0.1) is 34.2 Å². The summed E-state index contributed by atoms with van der Waals surface area (Å²) in [7, 11) is 1.85. The number of aliphatic hydroxyl groups excluding tert-OH is 1. The first-order valence-electron chi connectivity index (χ1n) is 11.3. The Kier molecular flexibility index (Phi) is 3.05. The molecule has 5 aromatic rings. The van der Waals surface area contributed by atoms with Gasteiger partial charge in [-0.3, -0.25) is 4.79 Å². The molecular formula is C26H21N3O4. The van der Waals surface area contributed by atoms with Gasteiger partial charge >= 0.3 is 0 Å². The van der Waals surface area contributed by atoms with Crippen molar-refractivity contribution in [1.29, 1.82) is 0 Å². The van der Waals surface area contributed by atoms with Crippen LogP contribution in [0.1, 0.15) is 34.8 Å². The average molecular weight is 439 g/mol. The van der Waals surface area contributed by atoms with Crippen LogP contribution in [0.3, 0.4) is 0 Å². The molecule has 7 nitrogen and oxygen atoms in total. The van der Waals surface area contributed by atoms with Crippen LogP contribution < -0.4 is 0 Å². The van der Waals surface area contributed by atoms with Gasteiger partial charge in [0.2, 0.25) is 0 Å². The normalized spacial score (nSPS) is 25.9. The highest BCUT2D eigenvalue weighted by Crippen LogP contribution is 2.55.